The maximum Gasteiger partial charge on any atom is 0.323 e. The predicted molar refractivity (Wildman–Crippen MR) is 52.3 cm³/mol. The number of sulfonamides is 1. The minimum absolute atomic E-state index is 0.0622. The Morgan fingerprint density at radius 3 is 2.50 bits per heavy atom. The minimum atomic E-state index is -3.51. The van der Waals surface area contributed by atoms with E-state index in [2.05, 4.69) is 0 Å². The second-order valence-corrected chi connectivity index (χ2v) is 4.79. The molecule has 84 valence electrons. The lowest BCUT2D eigenvalue weighted by Crippen LogP contribution is -2.46. The summed E-state index contributed by atoms with van der Waals surface area (Å²) in [6, 6.07) is -1.23. The van der Waals surface area contributed by atoms with E-state index in [1.807, 2.05) is 11.6 Å². The van der Waals surface area contributed by atoms with E-state index >= 15 is 0 Å². The molecule has 0 fully saturated rings. The van der Waals surface area contributed by atoms with E-state index < -0.39 is 22.0 Å². The second kappa shape index (κ2) is 5.94. The third kappa shape index (κ3) is 5.15. The summed E-state index contributed by atoms with van der Waals surface area (Å²) in [5, 5.41) is 8.56. The first-order valence-electron chi connectivity index (χ1n) is 4.35. The molecule has 0 rings (SSSR count). The Hall–Kier alpha value is -0.660. The van der Waals surface area contributed by atoms with Crippen molar-refractivity contribution in [3.63, 3.8) is 0 Å². The van der Waals surface area contributed by atoms with Crippen LogP contribution in [0.2, 0.25) is 0 Å². The van der Waals surface area contributed by atoms with Crippen LogP contribution in [0.1, 0.15) is 19.8 Å². The van der Waals surface area contributed by atoms with Crippen molar-refractivity contribution in [2.75, 3.05) is 12.3 Å². The summed E-state index contributed by atoms with van der Waals surface area (Å²) >= 11 is 0. The zero-order valence-corrected chi connectivity index (χ0v) is 8.88. The number of unbranched alkanes of at least 4 members (excludes halogenated alkanes) is 1. The lowest BCUT2D eigenvalue weighted by Gasteiger charge is -2.11. The van der Waals surface area contributed by atoms with Gasteiger partial charge in [0.15, 0.2) is 0 Å². The second-order valence-electron chi connectivity index (χ2n) is 2.92. The van der Waals surface area contributed by atoms with Crippen LogP contribution < -0.4 is 10.5 Å². The van der Waals surface area contributed by atoms with Gasteiger partial charge in [0.2, 0.25) is 10.0 Å². The highest BCUT2D eigenvalue weighted by atomic mass is 32.2. The third-order valence-electron chi connectivity index (χ3n) is 1.62. The van der Waals surface area contributed by atoms with Gasteiger partial charge in [0.1, 0.15) is 6.04 Å². The molecule has 4 N–H and O–H groups in total. The molecule has 7 heteroatoms. The van der Waals surface area contributed by atoms with Gasteiger partial charge in [-0.25, -0.2) is 8.42 Å². The molecule has 0 aromatic rings. The predicted octanol–water partition coefficient (Wildman–Crippen LogP) is -0.882. The first kappa shape index (κ1) is 13.3. The number of hydrogen-bond acceptors (Lipinski definition) is 4. The highest BCUT2D eigenvalue weighted by molar-refractivity contribution is 7.89. The van der Waals surface area contributed by atoms with Gasteiger partial charge in [0, 0.05) is 6.54 Å². The van der Waals surface area contributed by atoms with Crippen LogP contribution in [0.4, 0.5) is 0 Å². The van der Waals surface area contributed by atoms with Crippen LogP contribution in [-0.2, 0) is 14.8 Å². The summed E-state index contributed by atoms with van der Waals surface area (Å²) < 4.78 is 24.5. The van der Waals surface area contributed by atoms with Crippen molar-refractivity contribution in [3.05, 3.63) is 0 Å². The zero-order chi connectivity index (χ0) is 11.2. The monoisotopic (exact) mass is 224 g/mol. The molecule has 0 aliphatic heterocycles. The van der Waals surface area contributed by atoms with Gasteiger partial charge in [-0.1, -0.05) is 13.3 Å². The van der Waals surface area contributed by atoms with Gasteiger partial charge in [-0.15, -0.1) is 0 Å². The number of carbonyl (C=O) groups is 1. The summed E-state index contributed by atoms with van der Waals surface area (Å²) in [5.74, 6) is -1.32. The molecule has 1 unspecified atom stereocenters. The topological polar surface area (TPSA) is 109 Å². The fourth-order valence-electron chi connectivity index (χ4n) is 0.809. The molecule has 0 aliphatic carbocycles. The van der Waals surface area contributed by atoms with Crippen molar-refractivity contribution in [1.29, 1.82) is 0 Å². The van der Waals surface area contributed by atoms with Crippen LogP contribution in [0.3, 0.4) is 0 Å². The standard InChI is InChI=1S/C7H16N2O4S/c1-2-3-4-14(12,13)9-6(5-8)7(10)11/h6,9H,2-5,8H2,1H3,(H,10,11). The van der Waals surface area contributed by atoms with E-state index in [9.17, 15) is 13.2 Å². The van der Waals surface area contributed by atoms with Crippen molar-refractivity contribution in [1.82, 2.24) is 4.72 Å². The van der Waals surface area contributed by atoms with E-state index in [0.717, 1.165) is 6.42 Å². The van der Waals surface area contributed by atoms with Gasteiger partial charge < -0.3 is 10.8 Å². The molecule has 1 atom stereocenters. The number of carboxylic acids is 1. The number of rotatable bonds is 7. The molecular formula is C7H16N2O4S. The third-order valence-corrected chi connectivity index (χ3v) is 3.09. The summed E-state index contributed by atoms with van der Waals surface area (Å²) in [6.45, 7) is 1.60. The first-order chi connectivity index (χ1) is 6.43. The normalized spacial score (nSPS) is 13.9. The SMILES string of the molecule is CCCCS(=O)(=O)NC(CN)C(=O)O. The molecule has 0 radical (unpaired) electrons. The van der Waals surface area contributed by atoms with Gasteiger partial charge in [0.05, 0.1) is 5.75 Å². The number of hydrogen-bond donors (Lipinski definition) is 3. The molecule has 0 aromatic carbocycles. The van der Waals surface area contributed by atoms with Gasteiger partial charge in [-0.05, 0) is 6.42 Å². The average molecular weight is 224 g/mol. The van der Waals surface area contributed by atoms with Gasteiger partial charge in [0.25, 0.3) is 0 Å². The molecule has 0 aliphatic rings. The van der Waals surface area contributed by atoms with Crippen LogP contribution in [0.15, 0.2) is 0 Å². The summed E-state index contributed by atoms with van der Waals surface area (Å²) in [4.78, 5) is 10.5. The molecule has 0 spiro atoms. The van der Waals surface area contributed by atoms with Crippen molar-refractivity contribution in [3.8, 4) is 0 Å². The van der Waals surface area contributed by atoms with Crippen LogP contribution in [0.25, 0.3) is 0 Å². The van der Waals surface area contributed by atoms with Crippen molar-refractivity contribution >= 4 is 16.0 Å². The summed E-state index contributed by atoms with van der Waals surface area (Å²) in [5.41, 5.74) is 5.10. The lowest BCUT2D eigenvalue weighted by molar-refractivity contribution is -0.138. The van der Waals surface area contributed by atoms with E-state index in [1.54, 1.807) is 0 Å². The summed E-state index contributed by atoms with van der Waals surface area (Å²) in [7, 11) is -3.51. The minimum Gasteiger partial charge on any atom is -0.480 e. The molecule has 0 saturated heterocycles. The first-order valence-corrected chi connectivity index (χ1v) is 6.01. The fourth-order valence-corrected chi connectivity index (χ4v) is 2.23. The molecule has 6 nitrogen and oxygen atoms in total. The van der Waals surface area contributed by atoms with Crippen molar-refractivity contribution < 1.29 is 18.3 Å². The molecule has 14 heavy (non-hydrogen) atoms. The van der Waals surface area contributed by atoms with Gasteiger partial charge in [-0.3, -0.25) is 4.79 Å². The van der Waals surface area contributed by atoms with E-state index in [0.29, 0.717) is 6.42 Å². The highest BCUT2D eigenvalue weighted by Gasteiger charge is 2.21. The van der Waals surface area contributed by atoms with Gasteiger partial charge in [-0.2, -0.15) is 4.72 Å². The fraction of sp³-hybridized carbons (Fsp3) is 0.857. The Morgan fingerprint density at radius 2 is 2.14 bits per heavy atom. The number of nitrogens with two attached hydrogens (primary N) is 1. The Balaban J connectivity index is 4.26. The summed E-state index contributed by atoms with van der Waals surface area (Å²) in [6.07, 6.45) is 1.24. The van der Waals surface area contributed by atoms with E-state index in [4.69, 9.17) is 10.8 Å². The molecule has 0 saturated carbocycles. The van der Waals surface area contributed by atoms with Crippen LogP contribution in [0, 0.1) is 0 Å². The smallest absolute Gasteiger partial charge is 0.323 e. The number of nitrogens with one attached hydrogen (secondary N) is 1. The van der Waals surface area contributed by atoms with Crippen LogP contribution >= 0.6 is 0 Å². The highest BCUT2D eigenvalue weighted by Crippen LogP contribution is 1.95. The van der Waals surface area contributed by atoms with Crippen LogP contribution in [0.5, 0.6) is 0 Å². The quantitative estimate of drug-likeness (QED) is 0.520. The molecular weight excluding hydrogens is 208 g/mol. The van der Waals surface area contributed by atoms with Gasteiger partial charge >= 0.3 is 5.97 Å². The zero-order valence-electron chi connectivity index (χ0n) is 8.06. The molecule has 0 bridgehead atoms. The molecule has 0 heterocycles. The molecule has 0 amide bonds. The van der Waals surface area contributed by atoms with Crippen molar-refractivity contribution in [2.24, 2.45) is 5.73 Å². The number of carboxylic acid groups (broad SMARTS) is 1. The Morgan fingerprint density at radius 1 is 1.57 bits per heavy atom. The average Bonchev–Trinajstić information content (AvgIpc) is 2.10. The van der Waals surface area contributed by atoms with Crippen LogP contribution in [-0.4, -0.2) is 37.8 Å². The lowest BCUT2D eigenvalue weighted by atomic mass is 10.3. The van der Waals surface area contributed by atoms with E-state index in [-0.39, 0.29) is 12.3 Å². The Bertz CT molecular complexity index is 275. The maximum atomic E-state index is 11.2. The largest absolute Gasteiger partial charge is 0.480 e. The Labute approximate surface area is 83.5 Å². The molecule has 0 aromatic heterocycles. The maximum absolute atomic E-state index is 11.2. The Kier molecular flexibility index (Phi) is 5.66. The number of aliphatic carboxylic acids is 1. The van der Waals surface area contributed by atoms with E-state index in [1.165, 1.54) is 0 Å². The van der Waals surface area contributed by atoms with Crippen molar-refractivity contribution in [2.45, 2.75) is 25.8 Å².